The predicted octanol–water partition coefficient (Wildman–Crippen LogP) is 3.02. The fourth-order valence-electron chi connectivity index (χ4n) is 3.61. The van der Waals surface area contributed by atoms with Gasteiger partial charge in [0, 0.05) is 44.0 Å². The zero-order valence-electron chi connectivity index (χ0n) is 14.0. The van der Waals surface area contributed by atoms with E-state index in [1.807, 2.05) is 7.05 Å². The summed E-state index contributed by atoms with van der Waals surface area (Å²) in [6.45, 7) is 2.01. The molecular weight excluding hydrogens is 324 g/mol. The zero-order chi connectivity index (χ0) is 17.4. The summed E-state index contributed by atoms with van der Waals surface area (Å²) in [4.78, 5) is 10.9. The molecule has 1 aliphatic heterocycles. The zero-order valence-corrected chi connectivity index (χ0v) is 14.0. The third kappa shape index (κ3) is 3.00. The molecule has 1 saturated heterocycles. The van der Waals surface area contributed by atoms with Crippen LogP contribution >= 0.6 is 0 Å². The van der Waals surface area contributed by atoms with E-state index in [4.69, 9.17) is 0 Å². The summed E-state index contributed by atoms with van der Waals surface area (Å²) < 4.78 is 29.1. The second kappa shape index (κ2) is 6.48. The molecule has 130 valence electrons. The molecule has 7 heteroatoms. The first kappa shape index (κ1) is 16.1. The molecule has 1 atom stereocenters. The maximum Gasteiger partial charge on any atom is 0.176 e. The van der Waals surface area contributed by atoms with Crippen LogP contribution in [0.5, 0.6) is 0 Å². The summed E-state index contributed by atoms with van der Waals surface area (Å²) in [6, 6.07) is 4.34. The Balaban J connectivity index is 1.57. The molecule has 5 nitrogen and oxygen atoms in total. The molecule has 0 N–H and O–H groups in total. The molecule has 4 rings (SSSR count). The molecule has 1 fully saturated rings. The molecule has 0 amide bonds. The van der Waals surface area contributed by atoms with E-state index in [-0.39, 0.29) is 5.92 Å². The average molecular weight is 343 g/mol. The van der Waals surface area contributed by atoms with E-state index < -0.39 is 11.6 Å². The van der Waals surface area contributed by atoms with E-state index in [1.165, 1.54) is 0 Å². The van der Waals surface area contributed by atoms with Gasteiger partial charge in [0.15, 0.2) is 17.3 Å². The van der Waals surface area contributed by atoms with Crippen LogP contribution < -0.4 is 0 Å². The van der Waals surface area contributed by atoms with Gasteiger partial charge in [-0.05, 0) is 25.5 Å². The number of rotatable bonds is 3. The van der Waals surface area contributed by atoms with Crippen LogP contribution in [0.2, 0.25) is 0 Å². The first-order chi connectivity index (χ1) is 12.1. The van der Waals surface area contributed by atoms with E-state index >= 15 is 0 Å². The topological polar surface area (TPSA) is 46.8 Å². The number of aromatic nitrogens is 4. The first-order valence-corrected chi connectivity index (χ1v) is 8.42. The average Bonchev–Trinajstić information content (AvgIpc) is 2.97. The summed E-state index contributed by atoms with van der Waals surface area (Å²) in [5.74, 6) is -1.33. The van der Waals surface area contributed by atoms with Gasteiger partial charge >= 0.3 is 0 Å². The lowest BCUT2D eigenvalue weighted by molar-refractivity contribution is 0.196. The highest BCUT2D eigenvalue weighted by Gasteiger charge is 2.27. The molecule has 0 saturated carbocycles. The standard InChI is InChI=1S/C18H19F2N5/c1-24-18-17(21-7-8-22-18)16(23-24)13-5-3-9-25(11-13)10-12-4-2-6-14(19)15(12)20/h2,4,6-8,13H,3,5,9-11H2,1H3. The molecule has 0 spiro atoms. The Bertz CT molecular complexity index is 908. The molecular formula is C18H19F2N5. The summed E-state index contributed by atoms with van der Waals surface area (Å²) in [6.07, 6.45) is 5.33. The minimum Gasteiger partial charge on any atom is -0.298 e. The summed E-state index contributed by atoms with van der Waals surface area (Å²) >= 11 is 0. The predicted molar refractivity (Wildman–Crippen MR) is 89.9 cm³/mol. The highest BCUT2D eigenvalue weighted by atomic mass is 19.2. The van der Waals surface area contributed by atoms with Crippen LogP contribution in [0.15, 0.2) is 30.6 Å². The molecule has 0 aliphatic carbocycles. The second-order valence-electron chi connectivity index (χ2n) is 6.52. The van der Waals surface area contributed by atoms with Crippen molar-refractivity contribution >= 4 is 11.2 Å². The van der Waals surface area contributed by atoms with Gasteiger partial charge in [-0.3, -0.25) is 4.90 Å². The number of piperidine rings is 1. The smallest absolute Gasteiger partial charge is 0.176 e. The normalized spacial score (nSPS) is 18.8. The van der Waals surface area contributed by atoms with Crippen molar-refractivity contribution < 1.29 is 8.78 Å². The minimum atomic E-state index is -0.794. The van der Waals surface area contributed by atoms with Crippen LogP contribution in [0.1, 0.15) is 30.0 Å². The van der Waals surface area contributed by atoms with Gasteiger partial charge in [0.1, 0.15) is 5.52 Å². The van der Waals surface area contributed by atoms with Gasteiger partial charge in [-0.1, -0.05) is 12.1 Å². The van der Waals surface area contributed by atoms with Crippen LogP contribution in [-0.2, 0) is 13.6 Å². The van der Waals surface area contributed by atoms with Crippen LogP contribution in [0.4, 0.5) is 8.78 Å². The number of fused-ring (bicyclic) bond motifs is 1. The number of benzene rings is 1. The third-order valence-corrected chi connectivity index (χ3v) is 4.80. The highest BCUT2D eigenvalue weighted by molar-refractivity contribution is 5.73. The number of aryl methyl sites for hydroxylation is 1. The lowest BCUT2D eigenvalue weighted by atomic mass is 9.94. The van der Waals surface area contributed by atoms with E-state index in [2.05, 4.69) is 20.0 Å². The minimum absolute atomic E-state index is 0.214. The summed E-state index contributed by atoms with van der Waals surface area (Å²) in [7, 11) is 1.86. The molecule has 1 aliphatic rings. The van der Waals surface area contributed by atoms with E-state index in [0.717, 1.165) is 48.9 Å². The lowest BCUT2D eigenvalue weighted by Crippen LogP contribution is -2.34. The first-order valence-electron chi connectivity index (χ1n) is 8.42. The van der Waals surface area contributed by atoms with Crippen molar-refractivity contribution in [3.8, 4) is 0 Å². The lowest BCUT2D eigenvalue weighted by Gasteiger charge is -2.32. The van der Waals surface area contributed by atoms with Crippen LogP contribution in [0.25, 0.3) is 11.2 Å². The van der Waals surface area contributed by atoms with Crippen molar-refractivity contribution in [3.63, 3.8) is 0 Å². The van der Waals surface area contributed by atoms with Crippen molar-refractivity contribution in [2.75, 3.05) is 13.1 Å². The Hall–Kier alpha value is -2.41. The Morgan fingerprint density at radius 2 is 2.04 bits per heavy atom. The molecule has 3 aromatic rings. The maximum atomic E-state index is 14.0. The Morgan fingerprint density at radius 3 is 2.92 bits per heavy atom. The molecule has 2 aromatic heterocycles. The summed E-state index contributed by atoms with van der Waals surface area (Å²) in [5.41, 5.74) is 2.93. The maximum absolute atomic E-state index is 14.0. The van der Waals surface area contributed by atoms with Crippen molar-refractivity contribution in [2.24, 2.45) is 7.05 Å². The second-order valence-corrected chi connectivity index (χ2v) is 6.52. The third-order valence-electron chi connectivity index (χ3n) is 4.80. The number of likely N-dealkylation sites (tertiary alicyclic amines) is 1. The number of nitrogens with zero attached hydrogens (tertiary/aromatic N) is 5. The van der Waals surface area contributed by atoms with Gasteiger partial charge in [0.05, 0.1) is 5.69 Å². The van der Waals surface area contributed by atoms with Crippen LogP contribution in [0.3, 0.4) is 0 Å². The van der Waals surface area contributed by atoms with Gasteiger partial charge in [-0.15, -0.1) is 0 Å². The summed E-state index contributed by atoms with van der Waals surface area (Å²) in [5, 5.41) is 4.62. The number of hydrogen-bond donors (Lipinski definition) is 0. The number of hydrogen-bond acceptors (Lipinski definition) is 4. The van der Waals surface area contributed by atoms with Crippen molar-refractivity contribution in [1.29, 1.82) is 0 Å². The van der Waals surface area contributed by atoms with Gasteiger partial charge in [0.25, 0.3) is 0 Å². The van der Waals surface area contributed by atoms with Crippen molar-refractivity contribution in [3.05, 3.63) is 53.5 Å². The van der Waals surface area contributed by atoms with Gasteiger partial charge in [-0.25, -0.2) is 23.4 Å². The monoisotopic (exact) mass is 343 g/mol. The van der Waals surface area contributed by atoms with Gasteiger partial charge in [0.2, 0.25) is 0 Å². The molecule has 1 unspecified atom stereocenters. The fourth-order valence-corrected chi connectivity index (χ4v) is 3.61. The Kier molecular flexibility index (Phi) is 4.17. The highest BCUT2D eigenvalue weighted by Crippen LogP contribution is 2.30. The molecule has 3 heterocycles. The SMILES string of the molecule is Cn1nc(C2CCCN(Cc3cccc(F)c3F)C2)c2nccnc21. The molecule has 1 aromatic carbocycles. The largest absolute Gasteiger partial charge is 0.298 e. The Morgan fingerprint density at radius 1 is 1.20 bits per heavy atom. The van der Waals surface area contributed by atoms with E-state index in [9.17, 15) is 8.78 Å². The Labute approximate surface area is 144 Å². The van der Waals surface area contributed by atoms with Crippen LogP contribution in [-0.4, -0.2) is 37.7 Å². The fraction of sp³-hybridized carbons (Fsp3) is 0.389. The number of halogens is 2. The van der Waals surface area contributed by atoms with E-state index in [0.29, 0.717) is 12.1 Å². The quantitative estimate of drug-likeness (QED) is 0.733. The molecule has 0 bridgehead atoms. The van der Waals surface area contributed by atoms with Crippen molar-refractivity contribution in [1.82, 2.24) is 24.6 Å². The van der Waals surface area contributed by atoms with Crippen molar-refractivity contribution in [2.45, 2.75) is 25.3 Å². The van der Waals surface area contributed by atoms with Crippen LogP contribution in [0, 0.1) is 11.6 Å². The van der Waals surface area contributed by atoms with E-state index in [1.54, 1.807) is 29.2 Å². The molecule has 25 heavy (non-hydrogen) atoms. The van der Waals surface area contributed by atoms with Gasteiger partial charge in [-0.2, -0.15) is 5.10 Å². The van der Waals surface area contributed by atoms with Gasteiger partial charge < -0.3 is 0 Å². The molecule has 0 radical (unpaired) electrons.